The number of nitrogens with zero attached hydrogens (tertiary/aromatic N) is 3. The van der Waals surface area contributed by atoms with Crippen molar-refractivity contribution in [2.75, 3.05) is 26.7 Å². The summed E-state index contributed by atoms with van der Waals surface area (Å²) in [6.45, 7) is 2.09. The first-order valence-electron chi connectivity index (χ1n) is 13.2. The van der Waals surface area contributed by atoms with E-state index < -0.39 is 6.04 Å². The number of aromatic amines is 1. The number of halogens is 1. The zero-order chi connectivity index (χ0) is 26.9. The molecule has 6 rings (SSSR count). The predicted octanol–water partition coefficient (Wildman–Crippen LogP) is 5.63. The number of pyridine rings is 1. The summed E-state index contributed by atoms with van der Waals surface area (Å²) >= 11 is 6.42. The standard InChI is InChI=1S/C31H29ClN4O3/c1-39-27-12-6-5-11-22(27)26-18-25(34-36(26)28(37)19-35-15-7-8-16-35)30-29(20-9-3-2-4-10-20)23-17-21(32)13-14-24(23)33-31(30)38/h2-6,9-14,17,26H,7-8,15-16,18-19H2,1H3,(H,33,38)/t26-/m1/s1. The van der Waals surface area contributed by atoms with Crippen molar-refractivity contribution >= 4 is 34.1 Å². The van der Waals surface area contributed by atoms with E-state index in [9.17, 15) is 9.59 Å². The van der Waals surface area contributed by atoms with Gasteiger partial charge in [0.2, 0.25) is 0 Å². The molecule has 198 valence electrons. The zero-order valence-corrected chi connectivity index (χ0v) is 22.4. The van der Waals surface area contributed by atoms with Crippen molar-refractivity contribution in [2.45, 2.75) is 25.3 Å². The van der Waals surface area contributed by atoms with Gasteiger partial charge in [0.15, 0.2) is 0 Å². The van der Waals surface area contributed by atoms with E-state index >= 15 is 0 Å². The Balaban J connectivity index is 1.52. The van der Waals surface area contributed by atoms with Gasteiger partial charge in [-0.05, 0) is 55.8 Å². The summed E-state index contributed by atoms with van der Waals surface area (Å²) in [5.74, 6) is 0.588. The van der Waals surface area contributed by atoms with Crippen molar-refractivity contribution in [1.29, 1.82) is 0 Å². The maximum absolute atomic E-state index is 13.7. The van der Waals surface area contributed by atoms with Gasteiger partial charge in [-0.25, -0.2) is 5.01 Å². The van der Waals surface area contributed by atoms with Crippen LogP contribution in [0, 0.1) is 0 Å². The van der Waals surface area contributed by atoms with Gasteiger partial charge in [-0.15, -0.1) is 0 Å². The van der Waals surface area contributed by atoms with Crippen LogP contribution in [0.1, 0.15) is 36.4 Å². The van der Waals surface area contributed by atoms with Crippen LogP contribution in [-0.2, 0) is 4.79 Å². The third-order valence-corrected chi connectivity index (χ3v) is 7.78. The summed E-state index contributed by atoms with van der Waals surface area (Å²) in [4.78, 5) is 32.6. The van der Waals surface area contributed by atoms with Gasteiger partial charge in [0.25, 0.3) is 11.5 Å². The summed E-state index contributed by atoms with van der Waals surface area (Å²) < 4.78 is 5.67. The van der Waals surface area contributed by atoms with Gasteiger partial charge in [0.05, 0.1) is 31.0 Å². The van der Waals surface area contributed by atoms with Crippen LogP contribution in [0.4, 0.5) is 0 Å². The van der Waals surface area contributed by atoms with Gasteiger partial charge >= 0.3 is 0 Å². The Hall–Kier alpha value is -3.94. The third kappa shape index (κ3) is 4.84. The molecule has 0 spiro atoms. The number of hydrazone groups is 1. The molecule has 3 aromatic carbocycles. The number of amides is 1. The van der Waals surface area contributed by atoms with Crippen LogP contribution in [0.2, 0.25) is 5.02 Å². The molecule has 39 heavy (non-hydrogen) atoms. The Morgan fingerprint density at radius 3 is 2.54 bits per heavy atom. The maximum atomic E-state index is 13.7. The van der Waals surface area contributed by atoms with E-state index in [1.54, 1.807) is 18.2 Å². The van der Waals surface area contributed by atoms with Crippen LogP contribution in [0.15, 0.2) is 82.7 Å². The van der Waals surface area contributed by atoms with Crippen molar-refractivity contribution in [3.63, 3.8) is 0 Å². The first-order valence-corrected chi connectivity index (χ1v) is 13.6. The number of para-hydroxylation sites is 1. The topological polar surface area (TPSA) is 78.0 Å². The first-order chi connectivity index (χ1) is 19.0. The zero-order valence-electron chi connectivity index (χ0n) is 21.7. The number of H-pyrrole nitrogens is 1. The number of ether oxygens (including phenoxy) is 1. The van der Waals surface area contributed by atoms with Crippen LogP contribution in [0.25, 0.3) is 22.0 Å². The number of hydrogen-bond acceptors (Lipinski definition) is 5. The van der Waals surface area contributed by atoms with Crippen LogP contribution in [-0.4, -0.2) is 53.3 Å². The number of likely N-dealkylation sites (tertiary alicyclic amines) is 1. The molecule has 8 heteroatoms. The van der Waals surface area contributed by atoms with Crippen LogP contribution < -0.4 is 10.3 Å². The fraction of sp³-hybridized carbons (Fsp3) is 0.258. The Bertz CT molecular complexity index is 1630. The average molecular weight is 541 g/mol. The molecule has 1 N–H and O–H groups in total. The van der Waals surface area contributed by atoms with Gasteiger partial charge in [0.1, 0.15) is 5.75 Å². The van der Waals surface area contributed by atoms with Crippen molar-refractivity contribution < 1.29 is 9.53 Å². The van der Waals surface area contributed by atoms with Gasteiger partial charge in [-0.3, -0.25) is 14.5 Å². The molecule has 0 aliphatic carbocycles. The minimum Gasteiger partial charge on any atom is -0.496 e. The summed E-state index contributed by atoms with van der Waals surface area (Å²) in [5.41, 5.74) is 3.93. The number of carbonyl (C=O) groups excluding carboxylic acids is 1. The Kier molecular flexibility index (Phi) is 6.94. The molecule has 2 aliphatic heterocycles. The molecule has 1 fully saturated rings. The van der Waals surface area contributed by atoms with Crippen molar-refractivity contribution in [2.24, 2.45) is 5.10 Å². The molecule has 4 aromatic rings. The molecule has 1 atom stereocenters. The number of nitrogens with one attached hydrogen (secondary N) is 1. The van der Waals surface area contributed by atoms with Gasteiger partial charge in [-0.1, -0.05) is 60.1 Å². The summed E-state index contributed by atoms with van der Waals surface area (Å²) in [7, 11) is 1.62. The molecular weight excluding hydrogens is 512 g/mol. The Morgan fingerprint density at radius 1 is 1.03 bits per heavy atom. The van der Waals surface area contributed by atoms with Gasteiger partial charge in [-0.2, -0.15) is 5.10 Å². The molecule has 7 nitrogen and oxygen atoms in total. The quantitative estimate of drug-likeness (QED) is 0.344. The number of methoxy groups -OCH3 is 1. The van der Waals surface area contributed by atoms with E-state index in [0.29, 0.717) is 34.0 Å². The highest BCUT2D eigenvalue weighted by Gasteiger charge is 2.37. The minimum absolute atomic E-state index is 0.0932. The minimum atomic E-state index is -0.399. The molecular formula is C31H29ClN4O3. The summed E-state index contributed by atoms with van der Waals surface area (Å²) in [6, 6.07) is 22.5. The number of carbonyl (C=O) groups is 1. The molecule has 0 unspecified atom stereocenters. The third-order valence-electron chi connectivity index (χ3n) is 7.55. The lowest BCUT2D eigenvalue weighted by Crippen LogP contribution is -2.37. The van der Waals surface area contributed by atoms with Crippen molar-refractivity contribution in [1.82, 2.24) is 14.9 Å². The van der Waals surface area contributed by atoms with Crippen molar-refractivity contribution in [3.05, 3.63) is 99.3 Å². The molecule has 1 aromatic heterocycles. The Labute approximate surface area is 231 Å². The lowest BCUT2D eigenvalue weighted by Gasteiger charge is -2.25. The highest BCUT2D eigenvalue weighted by Crippen LogP contribution is 2.40. The largest absolute Gasteiger partial charge is 0.496 e. The second kappa shape index (κ2) is 10.7. The summed E-state index contributed by atoms with van der Waals surface area (Å²) in [6.07, 6.45) is 2.56. The molecule has 3 heterocycles. The molecule has 0 radical (unpaired) electrons. The highest BCUT2D eigenvalue weighted by molar-refractivity contribution is 6.31. The second-order valence-electron chi connectivity index (χ2n) is 9.99. The summed E-state index contributed by atoms with van der Waals surface area (Å²) in [5, 5.41) is 7.82. The van der Waals surface area contributed by atoms with Gasteiger partial charge < -0.3 is 9.72 Å². The van der Waals surface area contributed by atoms with E-state index in [2.05, 4.69) is 9.88 Å². The van der Waals surface area contributed by atoms with Crippen LogP contribution in [0.5, 0.6) is 5.75 Å². The molecule has 1 saturated heterocycles. The lowest BCUT2D eigenvalue weighted by molar-refractivity contribution is -0.134. The predicted molar refractivity (Wildman–Crippen MR) is 154 cm³/mol. The number of hydrogen-bond donors (Lipinski definition) is 1. The number of fused-ring (bicyclic) bond motifs is 1. The Morgan fingerprint density at radius 2 is 1.77 bits per heavy atom. The fourth-order valence-electron chi connectivity index (χ4n) is 5.73. The molecule has 0 bridgehead atoms. The van der Waals surface area contributed by atoms with Crippen molar-refractivity contribution in [3.8, 4) is 16.9 Å². The number of aromatic nitrogens is 1. The maximum Gasteiger partial charge on any atom is 0.258 e. The second-order valence-corrected chi connectivity index (χ2v) is 10.4. The highest BCUT2D eigenvalue weighted by atomic mass is 35.5. The van der Waals surface area contributed by atoms with Crippen LogP contribution in [0.3, 0.4) is 0 Å². The number of rotatable bonds is 6. The molecule has 1 amide bonds. The monoisotopic (exact) mass is 540 g/mol. The SMILES string of the molecule is COc1ccccc1[C@H]1CC(c2c(-c3ccccc3)c3cc(Cl)ccc3[nH]c2=O)=NN1C(=O)CN1CCCC1. The molecule has 2 aliphatic rings. The van der Waals surface area contributed by atoms with E-state index in [4.69, 9.17) is 21.4 Å². The number of benzene rings is 3. The van der Waals surface area contributed by atoms with E-state index in [-0.39, 0.29) is 18.0 Å². The van der Waals surface area contributed by atoms with Crippen LogP contribution >= 0.6 is 11.6 Å². The normalized spacial score (nSPS) is 17.5. The first kappa shape index (κ1) is 25.3. The van der Waals surface area contributed by atoms with E-state index in [1.165, 1.54) is 0 Å². The molecule has 0 saturated carbocycles. The fourth-order valence-corrected chi connectivity index (χ4v) is 5.90. The van der Waals surface area contributed by atoms with E-state index in [1.807, 2.05) is 66.7 Å². The van der Waals surface area contributed by atoms with E-state index in [0.717, 1.165) is 48.0 Å². The lowest BCUT2D eigenvalue weighted by atomic mass is 9.91. The smallest absolute Gasteiger partial charge is 0.258 e. The van der Waals surface area contributed by atoms with Gasteiger partial charge in [0, 0.05) is 33.5 Å². The average Bonchev–Trinajstić information content (AvgIpc) is 3.63.